The second-order valence-corrected chi connectivity index (χ2v) is 8.31. The second kappa shape index (κ2) is 8.43. The molecular formula is C22H30N4O2. The number of nitrogens with one attached hydrogen (secondary N) is 1. The molecule has 2 aromatic rings. The third kappa shape index (κ3) is 4.12. The summed E-state index contributed by atoms with van der Waals surface area (Å²) in [5.74, 6) is 1.30. The largest absolute Gasteiger partial charge is 0.345 e. The summed E-state index contributed by atoms with van der Waals surface area (Å²) in [6.07, 6.45) is 7.20. The zero-order valence-electron chi connectivity index (χ0n) is 16.7. The van der Waals surface area contributed by atoms with Gasteiger partial charge < -0.3 is 14.8 Å². The number of carbonyl (C=O) groups excluding carboxylic acids is 1. The molecule has 1 N–H and O–H groups in total. The number of aryl methyl sites for hydroxylation is 1. The summed E-state index contributed by atoms with van der Waals surface area (Å²) in [5, 5.41) is 0.587. The number of hydrogen-bond donors (Lipinski definition) is 1. The van der Waals surface area contributed by atoms with Crippen LogP contribution in [0.4, 0.5) is 0 Å². The van der Waals surface area contributed by atoms with E-state index < -0.39 is 0 Å². The summed E-state index contributed by atoms with van der Waals surface area (Å²) in [6.45, 7) is 3.28. The van der Waals surface area contributed by atoms with E-state index >= 15 is 0 Å². The fourth-order valence-electron chi connectivity index (χ4n) is 4.91. The molecule has 2 fully saturated rings. The average molecular weight is 383 g/mol. The first kappa shape index (κ1) is 19.1. The maximum atomic E-state index is 12.7. The molecular weight excluding hydrogens is 352 g/mol. The van der Waals surface area contributed by atoms with E-state index in [4.69, 9.17) is 0 Å². The van der Waals surface area contributed by atoms with Gasteiger partial charge >= 0.3 is 0 Å². The van der Waals surface area contributed by atoms with Crippen molar-refractivity contribution < 1.29 is 4.79 Å². The van der Waals surface area contributed by atoms with Gasteiger partial charge in [-0.1, -0.05) is 18.6 Å². The van der Waals surface area contributed by atoms with Crippen molar-refractivity contribution in [1.29, 1.82) is 0 Å². The van der Waals surface area contributed by atoms with Gasteiger partial charge in [0.2, 0.25) is 5.91 Å². The summed E-state index contributed by atoms with van der Waals surface area (Å²) in [4.78, 5) is 36.7. The maximum Gasteiger partial charge on any atom is 0.258 e. The molecule has 6 heteroatoms. The Kier molecular flexibility index (Phi) is 5.76. The van der Waals surface area contributed by atoms with Gasteiger partial charge in [0, 0.05) is 32.5 Å². The summed E-state index contributed by atoms with van der Waals surface area (Å²) >= 11 is 0. The van der Waals surface area contributed by atoms with E-state index in [1.165, 1.54) is 45.2 Å². The lowest BCUT2D eigenvalue weighted by Gasteiger charge is -2.45. The Morgan fingerprint density at radius 3 is 2.93 bits per heavy atom. The van der Waals surface area contributed by atoms with Crippen LogP contribution < -0.4 is 5.56 Å². The van der Waals surface area contributed by atoms with Crippen LogP contribution in [0.1, 0.15) is 44.3 Å². The number of nitrogens with zero attached hydrogens (tertiary/aromatic N) is 3. The van der Waals surface area contributed by atoms with Gasteiger partial charge in [-0.25, -0.2) is 4.98 Å². The molecule has 0 unspecified atom stereocenters. The number of benzene rings is 1. The first-order valence-electron chi connectivity index (χ1n) is 10.6. The standard InChI is InChI=1S/C22H30N4O2/c1-25(15-16-7-6-14-26-13-5-4-10-19(16)26)21(27)12-11-20-23-18-9-3-2-8-17(18)22(28)24-20/h2-3,8-9,16,19H,4-7,10-15H2,1H3,(H,23,24,28)/t16-,19-/m0/s1. The summed E-state index contributed by atoms with van der Waals surface area (Å²) in [7, 11) is 1.92. The van der Waals surface area contributed by atoms with Crippen molar-refractivity contribution in [1.82, 2.24) is 19.8 Å². The quantitative estimate of drug-likeness (QED) is 0.863. The van der Waals surface area contributed by atoms with Gasteiger partial charge in [-0.2, -0.15) is 0 Å². The van der Waals surface area contributed by atoms with Crippen LogP contribution in [-0.2, 0) is 11.2 Å². The zero-order valence-corrected chi connectivity index (χ0v) is 16.7. The van der Waals surface area contributed by atoms with Crippen LogP contribution in [0.5, 0.6) is 0 Å². The number of amides is 1. The van der Waals surface area contributed by atoms with E-state index in [1.54, 1.807) is 6.07 Å². The molecule has 6 nitrogen and oxygen atoms in total. The molecule has 0 spiro atoms. The number of H-pyrrole nitrogens is 1. The lowest BCUT2D eigenvalue weighted by molar-refractivity contribution is -0.131. The second-order valence-electron chi connectivity index (χ2n) is 8.31. The molecule has 0 bridgehead atoms. The Labute approximate surface area is 165 Å². The highest BCUT2D eigenvalue weighted by molar-refractivity contribution is 5.78. The molecule has 2 aliphatic rings. The molecule has 3 heterocycles. The van der Waals surface area contributed by atoms with Crippen molar-refractivity contribution >= 4 is 16.8 Å². The molecule has 0 saturated carbocycles. The molecule has 1 aromatic heterocycles. The smallest absolute Gasteiger partial charge is 0.258 e. The van der Waals surface area contributed by atoms with Crippen LogP contribution >= 0.6 is 0 Å². The number of piperidine rings is 2. The minimum atomic E-state index is -0.138. The number of hydrogen-bond acceptors (Lipinski definition) is 4. The molecule has 0 aliphatic carbocycles. The number of aromatic amines is 1. The Balaban J connectivity index is 1.35. The summed E-state index contributed by atoms with van der Waals surface area (Å²) in [5.41, 5.74) is 0.544. The Morgan fingerprint density at radius 2 is 2.04 bits per heavy atom. The molecule has 2 saturated heterocycles. The number of carbonyl (C=O) groups is 1. The third-order valence-corrected chi connectivity index (χ3v) is 6.40. The van der Waals surface area contributed by atoms with Crippen LogP contribution in [0.3, 0.4) is 0 Å². The van der Waals surface area contributed by atoms with Crippen LogP contribution in [0.25, 0.3) is 10.9 Å². The van der Waals surface area contributed by atoms with Gasteiger partial charge in [0.15, 0.2) is 0 Å². The third-order valence-electron chi connectivity index (χ3n) is 6.40. The molecule has 2 atom stereocenters. The van der Waals surface area contributed by atoms with E-state index in [2.05, 4.69) is 14.9 Å². The number of fused-ring (bicyclic) bond motifs is 2. The number of rotatable bonds is 5. The summed E-state index contributed by atoms with van der Waals surface area (Å²) < 4.78 is 0. The molecule has 4 rings (SSSR count). The lowest BCUT2D eigenvalue weighted by Crippen LogP contribution is -2.51. The van der Waals surface area contributed by atoms with Crippen molar-refractivity contribution in [2.24, 2.45) is 5.92 Å². The van der Waals surface area contributed by atoms with Crippen molar-refractivity contribution in [2.75, 3.05) is 26.7 Å². The van der Waals surface area contributed by atoms with E-state index in [-0.39, 0.29) is 11.5 Å². The molecule has 2 aliphatic heterocycles. The van der Waals surface area contributed by atoms with Crippen LogP contribution in [0.2, 0.25) is 0 Å². The van der Waals surface area contributed by atoms with Gasteiger partial charge in [-0.3, -0.25) is 9.59 Å². The van der Waals surface area contributed by atoms with Crippen molar-refractivity contribution in [2.45, 2.75) is 51.0 Å². The van der Waals surface area contributed by atoms with Gasteiger partial charge in [-0.15, -0.1) is 0 Å². The van der Waals surface area contributed by atoms with E-state index in [0.717, 1.165) is 6.54 Å². The highest BCUT2D eigenvalue weighted by atomic mass is 16.2. The van der Waals surface area contributed by atoms with Crippen LogP contribution in [0.15, 0.2) is 29.1 Å². The van der Waals surface area contributed by atoms with Crippen molar-refractivity contribution in [3.05, 3.63) is 40.4 Å². The van der Waals surface area contributed by atoms with Crippen LogP contribution in [-0.4, -0.2) is 58.4 Å². The first-order valence-corrected chi connectivity index (χ1v) is 10.6. The maximum absolute atomic E-state index is 12.7. The first-order chi connectivity index (χ1) is 13.6. The predicted molar refractivity (Wildman–Crippen MR) is 110 cm³/mol. The molecule has 150 valence electrons. The van der Waals surface area contributed by atoms with E-state index in [9.17, 15) is 9.59 Å². The van der Waals surface area contributed by atoms with Crippen molar-refractivity contribution in [3.8, 4) is 0 Å². The average Bonchev–Trinajstić information content (AvgIpc) is 2.72. The molecule has 1 aromatic carbocycles. The highest BCUT2D eigenvalue weighted by Crippen LogP contribution is 2.31. The normalized spacial score (nSPS) is 22.8. The van der Waals surface area contributed by atoms with Crippen molar-refractivity contribution in [3.63, 3.8) is 0 Å². The number of para-hydroxylation sites is 1. The fourth-order valence-corrected chi connectivity index (χ4v) is 4.91. The molecule has 28 heavy (non-hydrogen) atoms. The van der Waals surface area contributed by atoms with Crippen LogP contribution in [0, 0.1) is 5.92 Å². The highest BCUT2D eigenvalue weighted by Gasteiger charge is 2.33. The van der Waals surface area contributed by atoms with Gasteiger partial charge in [-0.05, 0) is 56.8 Å². The SMILES string of the molecule is CN(C[C@@H]1CCCN2CCCC[C@@H]12)C(=O)CCc1nc2ccccc2c(=O)[nH]1. The topological polar surface area (TPSA) is 69.3 Å². The zero-order chi connectivity index (χ0) is 19.5. The molecule has 1 amide bonds. The fraction of sp³-hybridized carbons (Fsp3) is 0.591. The van der Waals surface area contributed by atoms with E-state index in [0.29, 0.717) is 41.5 Å². The monoisotopic (exact) mass is 382 g/mol. The Bertz CT molecular complexity index is 891. The summed E-state index contributed by atoms with van der Waals surface area (Å²) in [6, 6.07) is 7.95. The van der Waals surface area contributed by atoms with E-state index in [1.807, 2.05) is 30.1 Å². The number of aromatic nitrogens is 2. The van der Waals surface area contributed by atoms with Gasteiger partial charge in [0.1, 0.15) is 5.82 Å². The predicted octanol–water partition coefficient (Wildman–Crippen LogP) is 2.58. The lowest BCUT2D eigenvalue weighted by atomic mass is 9.83. The Morgan fingerprint density at radius 1 is 1.21 bits per heavy atom. The molecule has 0 radical (unpaired) electrons. The Hall–Kier alpha value is -2.21. The minimum Gasteiger partial charge on any atom is -0.345 e. The van der Waals surface area contributed by atoms with Gasteiger partial charge in [0.05, 0.1) is 10.9 Å². The van der Waals surface area contributed by atoms with Gasteiger partial charge in [0.25, 0.3) is 5.56 Å². The minimum absolute atomic E-state index is 0.128.